The van der Waals surface area contributed by atoms with Crippen molar-refractivity contribution in [1.82, 2.24) is 14.5 Å². The van der Waals surface area contributed by atoms with Crippen LogP contribution in [0.15, 0.2) is 77.4 Å². The molecule has 5 aromatic rings. The minimum Gasteiger partial charge on any atom is -0.462 e. The summed E-state index contributed by atoms with van der Waals surface area (Å²) in [5, 5.41) is 0.690. The Kier molecular flexibility index (Phi) is 3.82. The molecule has 0 N–H and O–H groups in total. The van der Waals surface area contributed by atoms with Crippen molar-refractivity contribution in [2.45, 2.75) is 6.54 Å². The number of imidazole rings is 1. The molecular formula is C23H16N4O2S. The Labute approximate surface area is 176 Å². The van der Waals surface area contributed by atoms with Crippen LogP contribution < -0.4 is 4.90 Å². The van der Waals surface area contributed by atoms with Crippen LogP contribution >= 0.6 is 11.3 Å². The minimum absolute atomic E-state index is 0.0850. The van der Waals surface area contributed by atoms with Gasteiger partial charge in [0.2, 0.25) is 5.95 Å². The fourth-order valence-corrected chi connectivity index (χ4v) is 4.87. The first-order valence-corrected chi connectivity index (χ1v) is 10.5. The van der Waals surface area contributed by atoms with Gasteiger partial charge in [-0.3, -0.25) is 9.69 Å². The van der Waals surface area contributed by atoms with Gasteiger partial charge in [-0.25, -0.2) is 9.97 Å². The molecule has 1 aliphatic heterocycles. The van der Waals surface area contributed by atoms with Gasteiger partial charge in [-0.15, -0.1) is 11.3 Å². The number of amides is 1. The van der Waals surface area contributed by atoms with Gasteiger partial charge in [0.15, 0.2) is 10.8 Å². The van der Waals surface area contributed by atoms with Gasteiger partial charge in [0.1, 0.15) is 4.88 Å². The van der Waals surface area contributed by atoms with Crippen LogP contribution in [0.4, 0.5) is 5.95 Å². The molecule has 2 aromatic carbocycles. The fraction of sp³-hybridized carbons (Fsp3) is 0.0870. The minimum atomic E-state index is -0.0850. The lowest BCUT2D eigenvalue weighted by atomic mass is 10.1. The van der Waals surface area contributed by atoms with Crippen molar-refractivity contribution >= 4 is 34.2 Å². The van der Waals surface area contributed by atoms with E-state index in [9.17, 15) is 4.79 Å². The third kappa shape index (κ3) is 2.59. The number of hydrogen-bond acceptors (Lipinski definition) is 5. The molecule has 6 rings (SSSR count). The lowest BCUT2D eigenvalue weighted by Crippen LogP contribution is -2.29. The monoisotopic (exact) mass is 412 g/mol. The quantitative estimate of drug-likeness (QED) is 0.415. The molecular weight excluding hydrogens is 396 g/mol. The highest BCUT2D eigenvalue weighted by molar-refractivity contribution is 7.17. The number of rotatable bonds is 3. The molecule has 0 saturated heterocycles. The van der Waals surface area contributed by atoms with Crippen molar-refractivity contribution in [1.29, 1.82) is 0 Å². The number of furan rings is 1. The standard InChI is InChI=1S/C23H16N4O2S/c28-22(27-13-12-26-17-10-5-4-9-16(17)24-23(26)27)20-19(15-7-2-1-3-8-15)25-21(30-20)18-11-6-14-29-18/h1-11,14H,12-13H2. The normalized spacial score (nSPS) is 13.1. The van der Waals surface area contributed by atoms with E-state index in [2.05, 4.69) is 4.57 Å². The Balaban J connectivity index is 1.47. The summed E-state index contributed by atoms with van der Waals surface area (Å²) >= 11 is 1.36. The Morgan fingerprint density at radius 1 is 0.933 bits per heavy atom. The number of nitrogens with zero attached hydrogens (tertiary/aromatic N) is 4. The number of thiazole rings is 1. The summed E-state index contributed by atoms with van der Waals surface area (Å²) in [4.78, 5) is 25.5. The van der Waals surface area contributed by atoms with Crippen LogP contribution in [0.2, 0.25) is 0 Å². The third-order valence-corrected chi connectivity index (χ3v) is 6.33. The summed E-state index contributed by atoms with van der Waals surface area (Å²) in [5.41, 5.74) is 3.52. The molecule has 7 heteroatoms. The molecule has 0 aliphatic carbocycles. The molecule has 0 spiro atoms. The van der Waals surface area contributed by atoms with E-state index in [-0.39, 0.29) is 5.91 Å². The van der Waals surface area contributed by atoms with E-state index in [1.165, 1.54) is 11.3 Å². The van der Waals surface area contributed by atoms with Gasteiger partial charge in [0, 0.05) is 18.7 Å². The number of anilines is 1. The first kappa shape index (κ1) is 17.2. The van der Waals surface area contributed by atoms with E-state index in [0.717, 1.165) is 23.1 Å². The van der Waals surface area contributed by atoms with Gasteiger partial charge >= 0.3 is 0 Å². The van der Waals surface area contributed by atoms with E-state index >= 15 is 0 Å². The lowest BCUT2D eigenvalue weighted by molar-refractivity contribution is 0.0993. The van der Waals surface area contributed by atoms with Crippen molar-refractivity contribution < 1.29 is 9.21 Å². The highest BCUT2D eigenvalue weighted by Gasteiger charge is 2.32. The third-order valence-electron chi connectivity index (χ3n) is 5.27. The Bertz CT molecular complexity index is 1370. The molecule has 3 aromatic heterocycles. The summed E-state index contributed by atoms with van der Waals surface area (Å²) in [6.07, 6.45) is 1.61. The first-order valence-electron chi connectivity index (χ1n) is 9.67. The zero-order valence-corrected chi connectivity index (χ0v) is 16.7. The lowest BCUT2D eigenvalue weighted by Gasteiger charge is -2.13. The number of carbonyl (C=O) groups is 1. The molecule has 0 unspecified atom stereocenters. The molecule has 6 nitrogen and oxygen atoms in total. The molecule has 146 valence electrons. The van der Waals surface area contributed by atoms with E-state index in [1.807, 2.05) is 66.7 Å². The van der Waals surface area contributed by atoms with Crippen molar-refractivity contribution in [2.24, 2.45) is 0 Å². The van der Waals surface area contributed by atoms with Gasteiger partial charge in [-0.05, 0) is 24.3 Å². The highest BCUT2D eigenvalue weighted by Crippen LogP contribution is 2.37. The number of fused-ring (bicyclic) bond motifs is 3. The molecule has 0 radical (unpaired) electrons. The van der Waals surface area contributed by atoms with Crippen LogP contribution in [0.5, 0.6) is 0 Å². The first-order chi connectivity index (χ1) is 14.8. The largest absolute Gasteiger partial charge is 0.462 e. The average molecular weight is 412 g/mol. The summed E-state index contributed by atoms with van der Waals surface area (Å²) in [5.74, 6) is 1.26. The number of para-hydroxylation sites is 2. The summed E-state index contributed by atoms with van der Waals surface area (Å²) < 4.78 is 7.63. The van der Waals surface area contributed by atoms with Crippen LogP contribution in [-0.2, 0) is 6.54 Å². The highest BCUT2D eigenvalue weighted by atomic mass is 32.1. The number of benzene rings is 2. The predicted molar refractivity (Wildman–Crippen MR) is 117 cm³/mol. The van der Waals surface area contributed by atoms with Crippen molar-refractivity contribution in [3.63, 3.8) is 0 Å². The van der Waals surface area contributed by atoms with E-state index < -0.39 is 0 Å². The molecule has 1 amide bonds. The zero-order chi connectivity index (χ0) is 20.1. The topological polar surface area (TPSA) is 64.2 Å². The maximum Gasteiger partial charge on any atom is 0.273 e. The van der Waals surface area contributed by atoms with E-state index in [0.29, 0.717) is 33.8 Å². The van der Waals surface area contributed by atoms with Crippen molar-refractivity contribution in [3.8, 4) is 22.0 Å². The molecule has 0 fully saturated rings. The Morgan fingerprint density at radius 3 is 2.60 bits per heavy atom. The van der Waals surface area contributed by atoms with Gasteiger partial charge in [0.05, 0.1) is 23.0 Å². The molecule has 1 aliphatic rings. The van der Waals surface area contributed by atoms with Gasteiger partial charge in [0.25, 0.3) is 5.91 Å². The van der Waals surface area contributed by atoms with Crippen molar-refractivity contribution in [3.05, 3.63) is 77.9 Å². The average Bonchev–Trinajstić information content (AvgIpc) is 3.57. The maximum absolute atomic E-state index is 13.7. The van der Waals surface area contributed by atoms with Crippen LogP contribution in [0.1, 0.15) is 9.67 Å². The smallest absolute Gasteiger partial charge is 0.273 e. The number of aromatic nitrogens is 3. The molecule has 0 atom stereocenters. The molecule has 30 heavy (non-hydrogen) atoms. The second kappa shape index (κ2) is 6.67. The Hall–Kier alpha value is -3.71. The molecule has 4 heterocycles. The number of carbonyl (C=O) groups excluding carboxylic acids is 1. The van der Waals surface area contributed by atoms with Gasteiger partial charge < -0.3 is 8.98 Å². The predicted octanol–water partition coefficient (Wildman–Crippen LogP) is 5.08. The summed E-state index contributed by atoms with van der Waals surface area (Å²) in [7, 11) is 0. The second-order valence-corrected chi connectivity index (χ2v) is 8.05. The van der Waals surface area contributed by atoms with Crippen molar-refractivity contribution in [2.75, 3.05) is 11.4 Å². The fourth-order valence-electron chi connectivity index (χ4n) is 3.87. The summed E-state index contributed by atoms with van der Waals surface area (Å²) in [6.45, 7) is 1.32. The second-order valence-electron chi connectivity index (χ2n) is 7.05. The van der Waals surface area contributed by atoms with Gasteiger partial charge in [-0.1, -0.05) is 42.5 Å². The van der Waals surface area contributed by atoms with Gasteiger partial charge in [-0.2, -0.15) is 0 Å². The van der Waals surface area contributed by atoms with Crippen LogP contribution in [0.25, 0.3) is 33.1 Å². The Morgan fingerprint density at radius 2 is 1.77 bits per heavy atom. The van der Waals surface area contributed by atoms with E-state index in [4.69, 9.17) is 14.4 Å². The zero-order valence-electron chi connectivity index (χ0n) is 15.9. The molecule has 0 saturated carbocycles. The van der Waals surface area contributed by atoms with Crippen LogP contribution in [0.3, 0.4) is 0 Å². The van der Waals surface area contributed by atoms with Crippen LogP contribution in [-0.4, -0.2) is 27.0 Å². The van der Waals surface area contributed by atoms with Crippen LogP contribution in [0, 0.1) is 0 Å². The molecule has 0 bridgehead atoms. The maximum atomic E-state index is 13.7. The number of hydrogen-bond donors (Lipinski definition) is 0. The SMILES string of the molecule is O=C(c1sc(-c2ccco2)nc1-c1ccccc1)N1CCn2c1nc1ccccc12. The summed E-state index contributed by atoms with van der Waals surface area (Å²) in [6, 6.07) is 21.4. The van der Waals surface area contributed by atoms with E-state index in [1.54, 1.807) is 11.2 Å².